The van der Waals surface area contributed by atoms with Crippen LogP contribution in [0.5, 0.6) is 0 Å². The molecule has 1 aromatic heterocycles. The molecular formula is C22H27ClN4O3. The van der Waals surface area contributed by atoms with Gasteiger partial charge in [-0.1, -0.05) is 17.7 Å². The number of fused-ring (bicyclic) bond motifs is 2. The lowest BCUT2D eigenvalue weighted by Crippen LogP contribution is -2.55. The van der Waals surface area contributed by atoms with Crippen molar-refractivity contribution in [3.63, 3.8) is 0 Å². The number of hydrogen-bond acceptors (Lipinski definition) is 4. The van der Waals surface area contributed by atoms with Crippen molar-refractivity contribution < 1.29 is 14.7 Å². The number of hydrogen-bond donors (Lipinski definition) is 2. The SMILES string of the molecule is C[C@@H]1CN(C(=O)O)CCN1C(=O)c1ccc2c(Cl)c3c(nc2c1)CC(CCN)CC3. The van der Waals surface area contributed by atoms with E-state index in [4.69, 9.17) is 22.3 Å². The van der Waals surface area contributed by atoms with Crippen LogP contribution in [0.4, 0.5) is 4.79 Å². The quantitative estimate of drug-likeness (QED) is 0.779. The second-order valence-corrected chi connectivity index (χ2v) is 8.72. The molecule has 2 amide bonds. The predicted molar refractivity (Wildman–Crippen MR) is 116 cm³/mol. The molecule has 2 atom stereocenters. The number of aromatic nitrogens is 1. The summed E-state index contributed by atoms with van der Waals surface area (Å²) in [4.78, 5) is 32.3. The zero-order valence-corrected chi connectivity index (χ0v) is 17.9. The highest BCUT2D eigenvalue weighted by Gasteiger charge is 2.30. The Kier molecular flexibility index (Phi) is 5.84. The first kappa shape index (κ1) is 20.9. The molecule has 2 aliphatic rings. The molecule has 8 heteroatoms. The Morgan fingerprint density at radius 3 is 2.83 bits per heavy atom. The van der Waals surface area contributed by atoms with E-state index in [0.717, 1.165) is 52.9 Å². The maximum Gasteiger partial charge on any atom is 0.407 e. The van der Waals surface area contributed by atoms with Gasteiger partial charge in [-0.2, -0.15) is 0 Å². The summed E-state index contributed by atoms with van der Waals surface area (Å²) >= 11 is 6.71. The molecule has 0 radical (unpaired) electrons. The van der Waals surface area contributed by atoms with Crippen molar-refractivity contribution in [1.82, 2.24) is 14.8 Å². The smallest absolute Gasteiger partial charge is 0.407 e. The maximum absolute atomic E-state index is 13.1. The van der Waals surface area contributed by atoms with E-state index in [0.29, 0.717) is 37.7 Å². The second kappa shape index (κ2) is 8.40. The van der Waals surface area contributed by atoms with Crippen LogP contribution in [0.3, 0.4) is 0 Å². The van der Waals surface area contributed by atoms with Gasteiger partial charge in [0.1, 0.15) is 0 Å². The van der Waals surface area contributed by atoms with Crippen LogP contribution in [0.25, 0.3) is 10.9 Å². The summed E-state index contributed by atoms with van der Waals surface area (Å²) in [6.45, 7) is 3.56. The van der Waals surface area contributed by atoms with Crippen molar-refractivity contribution >= 4 is 34.5 Å². The van der Waals surface area contributed by atoms with E-state index in [1.165, 1.54) is 4.90 Å². The number of nitrogens with two attached hydrogens (primary N) is 1. The lowest BCUT2D eigenvalue weighted by molar-refractivity contribution is 0.0484. The Balaban J connectivity index is 1.62. The maximum atomic E-state index is 13.1. The predicted octanol–water partition coefficient (Wildman–Crippen LogP) is 3.17. The molecule has 1 aliphatic heterocycles. The summed E-state index contributed by atoms with van der Waals surface area (Å²) < 4.78 is 0. The van der Waals surface area contributed by atoms with Gasteiger partial charge in [0.15, 0.2) is 0 Å². The van der Waals surface area contributed by atoms with Crippen LogP contribution < -0.4 is 5.73 Å². The van der Waals surface area contributed by atoms with Gasteiger partial charge in [-0.25, -0.2) is 4.79 Å². The average Bonchev–Trinajstić information content (AvgIpc) is 2.73. The summed E-state index contributed by atoms with van der Waals surface area (Å²) in [5, 5.41) is 10.8. The van der Waals surface area contributed by atoms with E-state index in [1.54, 1.807) is 11.0 Å². The third kappa shape index (κ3) is 3.84. The topological polar surface area (TPSA) is 99.8 Å². The molecule has 30 heavy (non-hydrogen) atoms. The minimum Gasteiger partial charge on any atom is -0.465 e. The van der Waals surface area contributed by atoms with Crippen molar-refractivity contribution in [3.05, 3.63) is 40.0 Å². The summed E-state index contributed by atoms with van der Waals surface area (Å²) in [6, 6.07) is 5.30. The molecule has 1 aromatic carbocycles. The molecule has 0 saturated carbocycles. The lowest BCUT2D eigenvalue weighted by atomic mass is 9.84. The number of halogens is 1. The van der Waals surface area contributed by atoms with E-state index < -0.39 is 6.09 Å². The van der Waals surface area contributed by atoms with Crippen molar-refractivity contribution in [2.75, 3.05) is 26.2 Å². The summed E-state index contributed by atoms with van der Waals surface area (Å²) in [6.07, 6.45) is 2.89. The number of benzene rings is 1. The van der Waals surface area contributed by atoms with Crippen LogP contribution in [0.1, 0.15) is 41.4 Å². The third-order valence-corrected chi connectivity index (χ3v) is 6.80. The monoisotopic (exact) mass is 430 g/mol. The fourth-order valence-corrected chi connectivity index (χ4v) is 5.04. The van der Waals surface area contributed by atoms with Gasteiger partial charge in [0.05, 0.1) is 10.5 Å². The van der Waals surface area contributed by atoms with E-state index >= 15 is 0 Å². The largest absolute Gasteiger partial charge is 0.465 e. The van der Waals surface area contributed by atoms with E-state index in [2.05, 4.69) is 0 Å². The molecule has 0 spiro atoms. The fourth-order valence-electron chi connectivity index (χ4n) is 4.67. The van der Waals surface area contributed by atoms with Gasteiger partial charge < -0.3 is 20.6 Å². The Morgan fingerprint density at radius 2 is 2.13 bits per heavy atom. The Hall–Kier alpha value is -2.38. The molecular weight excluding hydrogens is 404 g/mol. The first-order valence-corrected chi connectivity index (χ1v) is 10.9. The number of piperazine rings is 1. The van der Waals surface area contributed by atoms with Gasteiger partial charge in [0.25, 0.3) is 5.91 Å². The first-order valence-electron chi connectivity index (χ1n) is 10.5. The number of nitrogens with zero attached hydrogens (tertiary/aromatic N) is 3. The van der Waals surface area contributed by atoms with Gasteiger partial charge in [0.2, 0.25) is 0 Å². The van der Waals surface area contributed by atoms with Crippen LogP contribution in [0.2, 0.25) is 5.02 Å². The highest BCUT2D eigenvalue weighted by molar-refractivity contribution is 6.36. The highest BCUT2D eigenvalue weighted by Crippen LogP contribution is 2.35. The van der Waals surface area contributed by atoms with Crippen molar-refractivity contribution in [1.29, 1.82) is 0 Å². The first-order chi connectivity index (χ1) is 14.4. The fraction of sp³-hybridized carbons (Fsp3) is 0.500. The van der Waals surface area contributed by atoms with Crippen molar-refractivity contribution in [2.45, 2.75) is 38.6 Å². The van der Waals surface area contributed by atoms with Crippen molar-refractivity contribution in [2.24, 2.45) is 11.7 Å². The molecule has 7 nitrogen and oxygen atoms in total. The Labute approximate surface area is 180 Å². The summed E-state index contributed by atoms with van der Waals surface area (Å²) in [7, 11) is 0. The lowest BCUT2D eigenvalue weighted by Gasteiger charge is -2.38. The van der Waals surface area contributed by atoms with Gasteiger partial charge in [-0.05, 0) is 62.8 Å². The van der Waals surface area contributed by atoms with E-state index in [-0.39, 0.29) is 11.9 Å². The second-order valence-electron chi connectivity index (χ2n) is 8.35. The standard InChI is InChI=1S/C22H27ClN4O3/c1-13-12-26(22(29)30)8-9-27(13)21(28)15-3-5-17-19(11-15)25-18-10-14(6-7-24)2-4-16(18)20(17)23/h3,5,11,13-14H,2,4,6-10,12,24H2,1H3,(H,29,30)/t13-,14?/m1/s1. The Bertz CT molecular complexity index is 996. The van der Waals surface area contributed by atoms with Crippen LogP contribution in [-0.4, -0.2) is 64.1 Å². The molecule has 160 valence electrons. The molecule has 2 aromatic rings. The number of rotatable bonds is 3. The van der Waals surface area contributed by atoms with Gasteiger partial charge >= 0.3 is 6.09 Å². The highest BCUT2D eigenvalue weighted by atomic mass is 35.5. The minimum absolute atomic E-state index is 0.105. The molecule has 2 heterocycles. The zero-order chi connectivity index (χ0) is 21.4. The summed E-state index contributed by atoms with van der Waals surface area (Å²) in [5.41, 5.74) is 9.16. The number of carbonyl (C=O) groups excluding carboxylic acids is 1. The van der Waals surface area contributed by atoms with Crippen molar-refractivity contribution in [3.8, 4) is 0 Å². The van der Waals surface area contributed by atoms with E-state index in [1.807, 2.05) is 19.1 Å². The number of pyridine rings is 1. The molecule has 1 fully saturated rings. The van der Waals surface area contributed by atoms with Crippen LogP contribution >= 0.6 is 11.6 Å². The molecule has 0 bridgehead atoms. The molecule has 1 unspecified atom stereocenters. The average molecular weight is 431 g/mol. The van der Waals surface area contributed by atoms with Crippen LogP contribution in [-0.2, 0) is 12.8 Å². The van der Waals surface area contributed by atoms with E-state index in [9.17, 15) is 14.7 Å². The zero-order valence-electron chi connectivity index (χ0n) is 17.1. The molecule has 3 N–H and O–H groups in total. The molecule has 1 aliphatic carbocycles. The number of amides is 2. The molecule has 1 saturated heterocycles. The number of carboxylic acid groups (broad SMARTS) is 1. The normalized spacial score (nSPS) is 21.6. The van der Waals surface area contributed by atoms with Gasteiger partial charge in [-0.15, -0.1) is 0 Å². The van der Waals surface area contributed by atoms with Gasteiger partial charge in [0, 0.05) is 42.3 Å². The number of carbonyl (C=O) groups is 2. The summed E-state index contributed by atoms with van der Waals surface area (Å²) in [5.74, 6) is 0.422. The minimum atomic E-state index is -0.948. The Morgan fingerprint density at radius 1 is 1.33 bits per heavy atom. The van der Waals surface area contributed by atoms with Gasteiger partial charge in [-0.3, -0.25) is 9.78 Å². The van der Waals surface area contributed by atoms with Crippen LogP contribution in [0.15, 0.2) is 18.2 Å². The molecule has 4 rings (SSSR count). The van der Waals surface area contributed by atoms with Crippen LogP contribution in [0, 0.1) is 5.92 Å². The third-order valence-electron chi connectivity index (χ3n) is 6.37.